The van der Waals surface area contributed by atoms with E-state index < -0.39 is 0 Å². The fourth-order valence-electron chi connectivity index (χ4n) is 2.37. The van der Waals surface area contributed by atoms with Crippen LogP contribution in [0.15, 0.2) is 22.7 Å². The molecule has 2 rings (SSSR count). The largest absolute Gasteiger partial charge is 0.368 e. The van der Waals surface area contributed by atoms with Gasteiger partial charge >= 0.3 is 0 Å². The molecule has 20 heavy (non-hydrogen) atoms. The van der Waals surface area contributed by atoms with Crippen molar-refractivity contribution in [2.45, 2.75) is 25.6 Å². The molecule has 6 heteroatoms. The van der Waals surface area contributed by atoms with Crippen LogP contribution in [0.3, 0.4) is 0 Å². The maximum absolute atomic E-state index is 12.7. The number of halogens is 3. The van der Waals surface area contributed by atoms with E-state index in [4.69, 9.17) is 16.3 Å². The van der Waals surface area contributed by atoms with E-state index in [0.29, 0.717) is 29.0 Å². The molecule has 0 aromatic heterocycles. The second-order valence-electron chi connectivity index (χ2n) is 5.44. The molecular weight excluding hydrogens is 409 g/mol. The highest BCUT2D eigenvalue weighted by atomic mass is 79.9. The van der Waals surface area contributed by atoms with Crippen LogP contribution in [0.2, 0.25) is 5.02 Å². The van der Waals surface area contributed by atoms with Gasteiger partial charge in [0.2, 0.25) is 0 Å². The Bertz CT molecular complexity index is 522. The summed E-state index contributed by atoms with van der Waals surface area (Å²) in [5.41, 5.74) is 0.164. The van der Waals surface area contributed by atoms with Crippen molar-refractivity contribution in [3.63, 3.8) is 0 Å². The zero-order valence-corrected chi connectivity index (χ0v) is 15.3. The van der Waals surface area contributed by atoms with Crippen molar-refractivity contribution in [3.8, 4) is 0 Å². The van der Waals surface area contributed by atoms with Gasteiger partial charge in [-0.05, 0) is 41.9 Å². The molecule has 1 fully saturated rings. The molecular formula is C14H16Br2ClNO2. The number of carbonyl (C=O) groups is 1. The third-order valence-electron chi connectivity index (χ3n) is 3.12. The van der Waals surface area contributed by atoms with Crippen molar-refractivity contribution in [1.82, 2.24) is 4.90 Å². The minimum Gasteiger partial charge on any atom is -0.368 e. The van der Waals surface area contributed by atoms with E-state index in [1.54, 1.807) is 6.07 Å². The molecule has 1 aromatic carbocycles. The summed E-state index contributed by atoms with van der Waals surface area (Å²) in [6.07, 6.45) is -0.00590. The van der Waals surface area contributed by atoms with Gasteiger partial charge < -0.3 is 9.64 Å². The van der Waals surface area contributed by atoms with Crippen LogP contribution >= 0.6 is 43.5 Å². The molecule has 1 unspecified atom stereocenters. The van der Waals surface area contributed by atoms with E-state index >= 15 is 0 Å². The van der Waals surface area contributed by atoms with Gasteiger partial charge in [0, 0.05) is 22.9 Å². The molecule has 1 aliphatic heterocycles. The van der Waals surface area contributed by atoms with Crippen LogP contribution in [-0.4, -0.2) is 40.9 Å². The Morgan fingerprint density at radius 2 is 2.25 bits per heavy atom. The summed E-state index contributed by atoms with van der Waals surface area (Å²) in [7, 11) is 0. The maximum atomic E-state index is 12.7. The first-order valence-electron chi connectivity index (χ1n) is 6.31. The molecule has 0 spiro atoms. The minimum atomic E-state index is -0.356. The number of hydrogen-bond acceptors (Lipinski definition) is 2. The van der Waals surface area contributed by atoms with Gasteiger partial charge in [0.15, 0.2) is 0 Å². The van der Waals surface area contributed by atoms with Crippen LogP contribution in [0.4, 0.5) is 0 Å². The Hall–Kier alpha value is -0.100. The van der Waals surface area contributed by atoms with Gasteiger partial charge in [0.1, 0.15) is 0 Å². The number of benzene rings is 1. The van der Waals surface area contributed by atoms with Crippen molar-refractivity contribution in [1.29, 1.82) is 0 Å². The van der Waals surface area contributed by atoms with Gasteiger partial charge in [0.25, 0.3) is 5.91 Å². The summed E-state index contributed by atoms with van der Waals surface area (Å²) < 4.78 is 6.64. The van der Waals surface area contributed by atoms with Crippen molar-refractivity contribution in [3.05, 3.63) is 33.3 Å². The number of alkyl halides is 1. The number of amides is 1. The lowest BCUT2D eigenvalue weighted by Gasteiger charge is -2.42. The van der Waals surface area contributed by atoms with Crippen LogP contribution in [0.1, 0.15) is 24.2 Å². The Labute approximate surface area is 140 Å². The first-order chi connectivity index (χ1) is 9.34. The molecule has 1 saturated heterocycles. The van der Waals surface area contributed by atoms with Crippen LogP contribution in [0, 0.1) is 0 Å². The molecule has 110 valence electrons. The molecule has 1 amide bonds. The molecule has 0 saturated carbocycles. The Morgan fingerprint density at radius 3 is 2.90 bits per heavy atom. The summed E-state index contributed by atoms with van der Waals surface area (Å²) in [6, 6.07) is 5.39. The summed E-state index contributed by atoms with van der Waals surface area (Å²) >= 11 is 13.0. The Morgan fingerprint density at radius 1 is 1.55 bits per heavy atom. The van der Waals surface area contributed by atoms with Crippen molar-refractivity contribution < 1.29 is 9.53 Å². The van der Waals surface area contributed by atoms with Crippen LogP contribution in [0.25, 0.3) is 0 Å². The first kappa shape index (κ1) is 16.3. The van der Waals surface area contributed by atoms with E-state index in [1.807, 2.05) is 30.9 Å². The summed E-state index contributed by atoms with van der Waals surface area (Å²) in [5.74, 6) is -0.0568. The lowest BCUT2D eigenvalue weighted by atomic mass is 10.0. The summed E-state index contributed by atoms with van der Waals surface area (Å²) in [6.45, 7) is 5.10. The van der Waals surface area contributed by atoms with Gasteiger partial charge in [-0.25, -0.2) is 0 Å². The second-order valence-corrected chi connectivity index (χ2v) is 7.32. The Kier molecular flexibility index (Phi) is 5.16. The van der Waals surface area contributed by atoms with E-state index in [1.165, 1.54) is 0 Å². The standard InChI is InChI=1S/C14H16Br2ClNO2/c1-14(2)8-18(7-9(6-15)20-14)13(19)10-4-3-5-11(16)12(10)17/h3-5,9H,6-8H2,1-2H3. The van der Waals surface area contributed by atoms with Gasteiger partial charge in [-0.2, -0.15) is 0 Å². The monoisotopic (exact) mass is 423 g/mol. The third kappa shape index (κ3) is 3.56. The maximum Gasteiger partial charge on any atom is 0.255 e. The predicted octanol–water partition coefficient (Wildman–Crippen LogP) is 4.12. The fraction of sp³-hybridized carbons (Fsp3) is 0.500. The van der Waals surface area contributed by atoms with E-state index in [0.717, 1.165) is 4.47 Å². The minimum absolute atomic E-state index is 0.00590. The third-order valence-corrected chi connectivity index (χ3v) is 5.14. The topological polar surface area (TPSA) is 29.5 Å². The van der Waals surface area contributed by atoms with Crippen LogP contribution in [-0.2, 0) is 4.74 Å². The lowest BCUT2D eigenvalue weighted by Crippen LogP contribution is -2.55. The fourth-order valence-corrected chi connectivity index (χ4v) is 3.28. The van der Waals surface area contributed by atoms with Gasteiger partial charge in [-0.3, -0.25) is 4.79 Å². The normalized spacial score (nSPS) is 21.9. The number of hydrogen-bond donors (Lipinski definition) is 0. The zero-order chi connectivity index (χ0) is 14.9. The molecule has 3 nitrogen and oxygen atoms in total. The molecule has 1 heterocycles. The molecule has 0 aliphatic carbocycles. The van der Waals surface area contributed by atoms with Gasteiger partial charge in [-0.1, -0.05) is 33.6 Å². The summed E-state index contributed by atoms with van der Waals surface area (Å²) in [5, 5.41) is 1.16. The first-order valence-corrected chi connectivity index (χ1v) is 8.60. The van der Waals surface area contributed by atoms with Gasteiger partial charge in [-0.15, -0.1) is 0 Å². The van der Waals surface area contributed by atoms with Gasteiger partial charge in [0.05, 0.1) is 22.3 Å². The highest BCUT2D eigenvalue weighted by Crippen LogP contribution is 2.29. The molecule has 0 N–H and O–H groups in total. The summed E-state index contributed by atoms with van der Waals surface area (Å²) in [4.78, 5) is 14.5. The average Bonchev–Trinajstić information content (AvgIpc) is 2.39. The van der Waals surface area contributed by atoms with Crippen LogP contribution < -0.4 is 0 Å². The molecule has 0 radical (unpaired) electrons. The highest BCUT2D eigenvalue weighted by Gasteiger charge is 2.35. The molecule has 0 bridgehead atoms. The van der Waals surface area contributed by atoms with E-state index in [-0.39, 0.29) is 17.6 Å². The Balaban J connectivity index is 2.26. The van der Waals surface area contributed by atoms with Crippen molar-refractivity contribution in [2.24, 2.45) is 0 Å². The molecule has 1 atom stereocenters. The number of ether oxygens (including phenoxy) is 1. The lowest BCUT2D eigenvalue weighted by molar-refractivity contribution is -0.116. The number of carbonyl (C=O) groups excluding carboxylic acids is 1. The number of morpholine rings is 1. The second kappa shape index (κ2) is 6.34. The number of nitrogens with zero attached hydrogens (tertiary/aromatic N) is 1. The van der Waals surface area contributed by atoms with Crippen molar-refractivity contribution in [2.75, 3.05) is 18.4 Å². The smallest absolute Gasteiger partial charge is 0.255 e. The van der Waals surface area contributed by atoms with Crippen molar-refractivity contribution >= 4 is 49.4 Å². The average molecular weight is 426 g/mol. The predicted molar refractivity (Wildman–Crippen MR) is 87.8 cm³/mol. The number of rotatable bonds is 2. The van der Waals surface area contributed by atoms with Crippen LogP contribution in [0.5, 0.6) is 0 Å². The quantitative estimate of drug-likeness (QED) is 0.668. The SMILES string of the molecule is CC1(C)CN(C(=O)c2cccc(Br)c2Cl)CC(CBr)O1. The van der Waals surface area contributed by atoms with E-state index in [9.17, 15) is 4.79 Å². The highest BCUT2D eigenvalue weighted by molar-refractivity contribution is 9.10. The zero-order valence-electron chi connectivity index (χ0n) is 11.3. The van der Waals surface area contributed by atoms with E-state index in [2.05, 4.69) is 31.9 Å². The molecule has 1 aliphatic rings. The molecule has 1 aromatic rings.